The Morgan fingerprint density at radius 2 is 1.23 bits per heavy atom. The van der Waals surface area contributed by atoms with Gasteiger partial charge in [-0.1, -0.05) is 78.6 Å². The number of hydrogen-bond donors (Lipinski definition) is 6. The van der Waals surface area contributed by atoms with Crippen LogP contribution in [0.2, 0.25) is 0 Å². The lowest BCUT2D eigenvalue weighted by Crippen LogP contribution is -2.52. The van der Waals surface area contributed by atoms with Crippen LogP contribution in [0.5, 0.6) is 0 Å². The van der Waals surface area contributed by atoms with Crippen molar-refractivity contribution < 1.29 is 20.2 Å². The van der Waals surface area contributed by atoms with Crippen LogP contribution in [0.25, 0.3) is 0 Å². The topological polar surface area (TPSA) is 114 Å². The number of aliphatic hydroxyl groups is 2. The molecule has 180 valence electrons. The molecular formula is C23H49N3O4. The van der Waals surface area contributed by atoms with Gasteiger partial charge in [0.25, 0.3) is 0 Å². The van der Waals surface area contributed by atoms with Crippen LogP contribution in [-0.2, 0) is 4.79 Å². The van der Waals surface area contributed by atoms with Gasteiger partial charge >= 0.3 is 0 Å². The van der Waals surface area contributed by atoms with E-state index in [1.54, 1.807) is 5.48 Å². The molecule has 6 N–H and O–H groups in total. The number of carbonyl (C=O) groups excluding carboxylic acids is 1. The molecule has 0 saturated heterocycles. The quantitative estimate of drug-likeness (QED) is 0.0944. The lowest BCUT2D eigenvalue weighted by Gasteiger charge is -2.28. The Hall–Kier alpha value is -0.730. The third-order valence-electron chi connectivity index (χ3n) is 5.83. The number of unbranched alkanes of at least 4 members (excludes halogenated alkanes) is 9. The van der Waals surface area contributed by atoms with Crippen molar-refractivity contribution >= 4 is 5.91 Å². The predicted octanol–water partition coefficient (Wildman–Crippen LogP) is 3.26. The highest BCUT2D eigenvalue weighted by Crippen LogP contribution is 2.10. The number of hydroxylamine groups is 1. The summed E-state index contributed by atoms with van der Waals surface area (Å²) in [5, 5.41) is 35.8. The minimum absolute atomic E-state index is 0.0150. The van der Waals surface area contributed by atoms with Gasteiger partial charge in [0.1, 0.15) is 0 Å². The van der Waals surface area contributed by atoms with Crippen LogP contribution in [0.1, 0.15) is 104 Å². The van der Waals surface area contributed by atoms with Crippen molar-refractivity contribution in [3.63, 3.8) is 0 Å². The highest BCUT2D eigenvalue weighted by molar-refractivity contribution is 5.75. The first-order valence-electron chi connectivity index (χ1n) is 12.3. The fraction of sp³-hybridized carbons (Fsp3) is 0.957. The standard InChI is InChI=1S/C23H49N3O4/c1-4-7-8-9-10-11-12-13-14-15-16-24-20(22(28)6-3)18-25-19(21(27)5-2)17-23(29)26-30/h19-22,24-25,27-28,30H,4-18H2,1-3H3,(H,26,29). The van der Waals surface area contributed by atoms with E-state index in [1.165, 1.54) is 57.8 Å². The van der Waals surface area contributed by atoms with Gasteiger partial charge in [-0.15, -0.1) is 0 Å². The van der Waals surface area contributed by atoms with E-state index in [1.807, 2.05) is 13.8 Å². The van der Waals surface area contributed by atoms with Crippen molar-refractivity contribution in [2.45, 2.75) is 129 Å². The molecule has 0 aromatic carbocycles. The second kappa shape index (κ2) is 20.2. The van der Waals surface area contributed by atoms with E-state index in [-0.39, 0.29) is 12.5 Å². The molecule has 0 heterocycles. The molecule has 0 aliphatic carbocycles. The van der Waals surface area contributed by atoms with Crippen molar-refractivity contribution in [1.29, 1.82) is 0 Å². The Kier molecular flexibility index (Phi) is 19.7. The molecule has 7 heteroatoms. The second-order valence-electron chi connectivity index (χ2n) is 8.45. The normalized spacial score (nSPS) is 15.5. The fourth-order valence-electron chi connectivity index (χ4n) is 3.68. The van der Waals surface area contributed by atoms with E-state index in [4.69, 9.17) is 5.21 Å². The van der Waals surface area contributed by atoms with E-state index in [0.717, 1.165) is 13.0 Å². The third kappa shape index (κ3) is 15.1. The van der Waals surface area contributed by atoms with Crippen LogP contribution in [0.15, 0.2) is 0 Å². The SMILES string of the molecule is CCCCCCCCCCCCNC(CNC(CC(=O)NO)C(O)CC)C(O)CC. The minimum atomic E-state index is -0.691. The number of hydrogen-bond acceptors (Lipinski definition) is 6. The Bertz CT molecular complexity index is 399. The zero-order valence-corrected chi connectivity index (χ0v) is 19.7. The van der Waals surface area contributed by atoms with Crippen molar-refractivity contribution in [3.05, 3.63) is 0 Å². The maximum absolute atomic E-state index is 11.5. The van der Waals surface area contributed by atoms with Gasteiger partial charge in [-0.05, 0) is 25.8 Å². The summed E-state index contributed by atoms with van der Waals surface area (Å²) in [5.74, 6) is -0.536. The molecule has 0 rings (SSSR count). The van der Waals surface area contributed by atoms with Crippen LogP contribution < -0.4 is 16.1 Å². The fourth-order valence-corrected chi connectivity index (χ4v) is 3.68. The molecule has 7 nitrogen and oxygen atoms in total. The largest absolute Gasteiger partial charge is 0.392 e. The molecule has 4 atom stereocenters. The van der Waals surface area contributed by atoms with Gasteiger partial charge in [0.15, 0.2) is 0 Å². The Morgan fingerprint density at radius 1 is 0.733 bits per heavy atom. The molecule has 0 radical (unpaired) electrons. The summed E-state index contributed by atoms with van der Waals surface area (Å²) in [5.41, 5.74) is 1.62. The van der Waals surface area contributed by atoms with Crippen molar-refractivity contribution in [2.24, 2.45) is 0 Å². The average molecular weight is 432 g/mol. The summed E-state index contributed by atoms with van der Waals surface area (Å²) in [4.78, 5) is 11.5. The molecule has 30 heavy (non-hydrogen) atoms. The summed E-state index contributed by atoms with van der Waals surface area (Å²) >= 11 is 0. The zero-order valence-electron chi connectivity index (χ0n) is 19.7. The van der Waals surface area contributed by atoms with Gasteiger partial charge in [-0.3, -0.25) is 10.0 Å². The number of carbonyl (C=O) groups is 1. The summed E-state index contributed by atoms with van der Waals surface area (Å²) in [6.45, 7) is 7.33. The van der Waals surface area contributed by atoms with Gasteiger partial charge in [0.2, 0.25) is 5.91 Å². The molecule has 0 fully saturated rings. The van der Waals surface area contributed by atoms with Gasteiger partial charge in [0, 0.05) is 25.0 Å². The van der Waals surface area contributed by atoms with Crippen LogP contribution in [0.3, 0.4) is 0 Å². The first-order chi connectivity index (χ1) is 14.5. The van der Waals surface area contributed by atoms with E-state index >= 15 is 0 Å². The first kappa shape index (κ1) is 29.3. The molecule has 0 aliphatic heterocycles. The smallest absolute Gasteiger partial charge is 0.245 e. The minimum Gasteiger partial charge on any atom is -0.392 e. The van der Waals surface area contributed by atoms with E-state index in [2.05, 4.69) is 17.6 Å². The Morgan fingerprint density at radius 3 is 1.73 bits per heavy atom. The number of rotatable bonds is 21. The molecule has 0 spiro atoms. The molecule has 0 aromatic rings. The molecule has 4 unspecified atom stereocenters. The summed E-state index contributed by atoms with van der Waals surface area (Å²) in [6, 6.07) is -0.606. The number of aliphatic hydroxyl groups excluding tert-OH is 2. The Labute approximate surface area is 184 Å². The third-order valence-corrected chi connectivity index (χ3v) is 5.83. The van der Waals surface area contributed by atoms with Crippen LogP contribution >= 0.6 is 0 Å². The van der Waals surface area contributed by atoms with Crippen LogP contribution in [0.4, 0.5) is 0 Å². The van der Waals surface area contributed by atoms with Crippen LogP contribution in [-0.4, -0.2) is 58.7 Å². The predicted molar refractivity (Wildman–Crippen MR) is 123 cm³/mol. The van der Waals surface area contributed by atoms with E-state index in [9.17, 15) is 15.0 Å². The van der Waals surface area contributed by atoms with Gasteiger partial charge in [0.05, 0.1) is 12.2 Å². The van der Waals surface area contributed by atoms with E-state index in [0.29, 0.717) is 19.4 Å². The van der Waals surface area contributed by atoms with Gasteiger partial charge in [-0.25, -0.2) is 5.48 Å². The monoisotopic (exact) mass is 431 g/mol. The highest BCUT2D eigenvalue weighted by atomic mass is 16.5. The first-order valence-corrected chi connectivity index (χ1v) is 12.3. The Balaban J connectivity index is 4.14. The van der Waals surface area contributed by atoms with Gasteiger partial charge in [-0.2, -0.15) is 0 Å². The summed E-state index contributed by atoms with van der Waals surface area (Å²) < 4.78 is 0. The van der Waals surface area contributed by atoms with Crippen LogP contribution in [0, 0.1) is 0 Å². The number of amides is 1. The second-order valence-corrected chi connectivity index (χ2v) is 8.45. The lowest BCUT2D eigenvalue weighted by atomic mass is 10.0. The number of nitrogens with one attached hydrogen (secondary N) is 3. The molecule has 1 amide bonds. The molecular weight excluding hydrogens is 382 g/mol. The van der Waals surface area contributed by atoms with Crippen molar-refractivity contribution in [3.8, 4) is 0 Å². The van der Waals surface area contributed by atoms with E-state index < -0.39 is 24.2 Å². The van der Waals surface area contributed by atoms with Crippen molar-refractivity contribution in [1.82, 2.24) is 16.1 Å². The van der Waals surface area contributed by atoms with Gasteiger partial charge < -0.3 is 20.8 Å². The molecule has 0 aliphatic rings. The maximum atomic E-state index is 11.5. The molecule has 0 aromatic heterocycles. The molecule has 0 bridgehead atoms. The maximum Gasteiger partial charge on any atom is 0.245 e. The summed E-state index contributed by atoms with van der Waals surface area (Å²) in [7, 11) is 0. The molecule has 0 saturated carbocycles. The van der Waals surface area contributed by atoms with Crippen molar-refractivity contribution in [2.75, 3.05) is 13.1 Å². The summed E-state index contributed by atoms with van der Waals surface area (Å²) in [6.07, 6.45) is 12.9. The zero-order chi connectivity index (χ0) is 22.6. The average Bonchev–Trinajstić information content (AvgIpc) is 2.77. The lowest BCUT2D eigenvalue weighted by molar-refractivity contribution is -0.130. The highest BCUT2D eigenvalue weighted by Gasteiger charge is 2.24.